The molecule has 96 valence electrons. The van der Waals surface area contributed by atoms with Crippen molar-refractivity contribution in [2.24, 2.45) is 0 Å². The first kappa shape index (κ1) is 11.7. The van der Waals surface area contributed by atoms with Gasteiger partial charge in [0.05, 0.1) is 0 Å². The van der Waals surface area contributed by atoms with Gasteiger partial charge in [0.25, 0.3) is 5.91 Å². The summed E-state index contributed by atoms with van der Waals surface area (Å²) in [6.45, 7) is 3.82. The molecule has 18 heavy (non-hydrogen) atoms. The fourth-order valence-corrected chi connectivity index (χ4v) is 2.58. The Morgan fingerprint density at radius 2 is 2.00 bits per heavy atom. The monoisotopic (exact) mass is 245 g/mol. The Labute approximate surface area is 107 Å². The second-order valence-electron chi connectivity index (χ2n) is 5.12. The molecule has 4 nitrogen and oxygen atoms in total. The predicted octanol–water partition coefficient (Wildman–Crippen LogP) is 0.462. The van der Waals surface area contributed by atoms with Gasteiger partial charge in [-0.05, 0) is 18.6 Å². The number of likely N-dealkylation sites (tertiary alicyclic amines) is 1. The van der Waals surface area contributed by atoms with Gasteiger partial charge >= 0.3 is 0 Å². The van der Waals surface area contributed by atoms with Crippen LogP contribution in [0.3, 0.4) is 0 Å². The van der Waals surface area contributed by atoms with Crippen LogP contribution < -0.4 is 10.6 Å². The highest BCUT2D eigenvalue weighted by molar-refractivity contribution is 5.94. The van der Waals surface area contributed by atoms with Crippen molar-refractivity contribution in [3.05, 3.63) is 35.9 Å². The molecule has 1 amide bonds. The zero-order valence-corrected chi connectivity index (χ0v) is 10.4. The van der Waals surface area contributed by atoms with Gasteiger partial charge in [0.15, 0.2) is 0 Å². The molecule has 1 aromatic carbocycles. The molecule has 1 aromatic rings. The lowest BCUT2D eigenvalue weighted by Gasteiger charge is -2.31. The van der Waals surface area contributed by atoms with Crippen LogP contribution in [0.4, 0.5) is 0 Å². The third-order valence-corrected chi connectivity index (χ3v) is 3.75. The van der Waals surface area contributed by atoms with Crippen LogP contribution >= 0.6 is 0 Å². The molecule has 2 aliphatic rings. The largest absolute Gasteiger partial charge is 0.337 e. The maximum atomic E-state index is 12.2. The Hall–Kier alpha value is -1.39. The van der Waals surface area contributed by atoms with E-state index in [-0.39, 0.29) is 5.91 Å². The van der Waals surface area contributed by atoms with Crippen molar-refractivity contribution >= 4 is 5.91 Å². The summed E-state index contributed by atoms with van der Waals surface area (Å²) in [5.41, 5.74) is 0.795. The minimum atomic E-state index is 0.159. The molecule has 2 saturated heterocycles. The predicted molar refractivity (Wildman–Crippen MR) is 70.5 cm³/mol. The summed E-state index contributed by atoms with van der Waals surface area (Å²) in [4.78, 5) is 14.2. The van der Waals surface area contributed by atoms with Crippen molar-refractivity contribution in [1.29, 1.82) is 0 Å². The summed E-state index contributed by atoms with van der Waals surface area (Å²) in [5, 5.41) is 6.85. The highest BCUT2D eigenvalue weighted by atomic mass is 16.2. The van der Waals surface area contributed by atoms with Gasteiger partial charge in [-0.3, -0.25) is 4.79 Å². The number of nitrogens with one attached hydrogen (secondary N) is 2. The van der Waals surface area contributed by atoms with Gasteiger partial charge in [0.1, 0.15) is 0 Å². The maximum absolute atomic E-state index is 12.2. The van der Waals surface area contributed by atoms with E-state index in [1.807, 2.05) is 35.2 Å². The van der Waals surface area contributed by atoms with Crippen LogP contribution in [0.25, 0.3) is 0 Å². The smallest absolute Gasteiger partial charge is 0.253 e. The molecule has 0 radical (unpaired) electrons. The SMILES string of the molecule is O=C(c1ccccc1)N1CC[C@H](NC2CNC2)C1. The molecule has 2 heterocycles. The van der Waals surface area contributed by atoms with Gasteiger partial charge in [-0.1, -0.05) is 18.2 Å². The van der Waals surface area contributed by atoms with Crippen LogP contribution in [0.15, 0.2) is 30.3 Å². The highest BCUT2D eigenvalue weighted by Crippen LogP contribution is 2.14. The number of benzene rings is 1. The number of nitrogens with zero attached hydrogens (tertiary/aromatic N) is 1. The van der Waals surface area contributed by atoms with E-state index in [9.17, 15) is 4.79 Å². The summed E-state index contributed by atoms with van der Waals surface area (Å²) in [7, 11) is 0. The molecule has 0 saturated carbocycles. The summed E-state index contributed by atoms with van der Waals surface area (Å²) in [5.74, 6) is 0.159. The lowest BCUT2D eigenvalue weighted by atomic mass is 10.1. The lowest BCUT2D eigenvalue weighted by molar-refractivity contribution is 0.0788. The first-order valence-corrected chi connectivity index (χ1v) is 6.64. The van der Waals surface area contributed by atoms with Crippen molar-refractivity contribution in [2.45, 2.75) is 18.5 Å². The molecule has 1 atom stereocenters. The average Bonchev–Trinajstić information content (AvgIpc) is 2.83. The van der Waals surface area contributed by atoms with Crippen molar-refractivity contribution in [3.63, 3.8) is 0 Å². The van der Waals surface area contributed by atoms with E-state index >= 15 is 0 Å². The van der Waals surface area contributed by atoms with Gasteiger partial charge in [0, 0.05) is 43.8 Å². The van der Waals surface area contributed by atoms with E-state index < -0.39 is 0 Å². The molecule has 2 N–H and O–H groups in total. The van der Waals surface area contributed by atoms with E-state index in [2.05, 4.69) is 10.6 Å². The average molecular weight is 245 g/mol. The topological polar surface area (TPSA) is 44.4 Å². The fourth-order valence-electron chi connectivity index (χ4n) is 2.58. The van der Waals surface area contributed by atoms with E-state index in [1.165, 1.54) is 0 Å². The van der Waals surface area contributed by atoms with Crippen LogP contribution in [0.5, 0.6) is 0 Å². The normalized spacial score (nSPS) is 24.0. The van der Waals surface area contributed by atoms with Crippen LogP contribution in [0, 0.1) is 0 Å². The minimum absolute atomic E-state index is 0.159. The van der Waals surface area contributed by atoms with E-state index in [1.54, 1.807) is 0 Å². The number of amides is 1. The van der Waals surface area contributed by atoms with Crippen molar-refractivity contribution in [3.8, 4) is 0 Å². The maximum Gasteiger partial charge on any atom is 0.253 e. The fraction of sp³-hybridized carbons (Fsp3) is 0.500. The summed E-state index contributed by atoms with van der Waals surface area (Å²) < 4.78 is 0. The minimum Gasteiger partial charge on any atom is -0.337 e. The second kappa shape index (κ2) is 5.08. The number of rotatable bonds is 3. The third kappa shape index (κ3) is 2.40. The highest BCUT2D eigenvalue weighted by Gasteiger charge is 2.29. The number of carbonyl (C=O) groups excluding carboxylic acids is 1. The van der Waals surface area contributed by atoms with E-state index in [0.29, 0.717) is 12.1 Å². The first-order chi connectivity index (χ1) is 8.83. The molecule has 2 aliphatic heterocycles. The molecule has 2 fully saturated rings. The second-order valence-corrected chi connectivity index (χ2v) is 5.12. The zero-order chi connectivity index (χ0) is 12.4. The molecule has 0 aliphatic carbocycles. The quantitative estimate of drug-likeness (QED) is 0.813. The molecule has 0 bridgehead atoms. The van der Waals surface area contributed by atoms with Crippen LogP contribution in [0.2, 0.25) is 0 Å². The van der Waals surface area contributed by atoms with Crippen molar-refractivity contribution < 1.29 is 4.79 Å². The Kier molecular flexibility index (Phi) is 3.30. The van der Waals surface area contributed by atoms with E-state index in [4.69, 9.17) is 0 Å². The Balaban J connectivity index is 1.56. The Morgan fingerprint density at radius 3 is 2.67 bits per heavy atom. The van der Waals surface area contributed by atoms with Crippen LogP contribution in [0.1, 0.15) is 16.8 Å². The summed E-state index contributed by atoms with van der Waals surface area (Å²) in [6.07, 6.45) is 1.06. The van der Waals surface area contributed by atoms with Gasteiger partial charge in [-0.25, -0.2) is 0 Å². The van der Waals surface area contributed by atoms with Gasteiger partial charge < -0.3 is 15.5 Å². The molecule has 0 spiro atoms. The zero-order valence-electron chi connectivity index (χ0n) is 10.4. The molecule has 0 aromatic heterocycles. The molecular formula is C14H19N3O. The van der Waals surface area contributed by atoms with Gasteiger partial charge in [0.2, 0.25) is 0 Å². The number of hydrogen-bond acceptors (Lipinski definition) is 3. The van der Waals surface area contributed by atoms with Gasteiger partial charge in [-0.15, -0.1) is 0 Å². The van der Waals surface area contributed by atoms with Crippen LogP contribution in [-0.4, -0.2) is 49.1 Å². The van der Waals surface area contributed by atoms with Crippen molar-refractivity contribution in [2.75, 3.05) is 26.2 Å². The molecule has 4 heteroatoms. The number of hydrogen-bond donors (Lipinski definition) is 2. The first-order valence-electron chi connectivity index (χ1n) is 6.64. The lowest BCUT2D eigenvalue weighted by Crippen LogP contribution is -2.58. The third-order valence-electron chi connectivity index (χ3n) is 3.75. The molecule has 0 unspecified atom stereocenters. The standard InChI is InChI=1S/C14H19N3O/c18-14(11-4-2-1-3-5-11)17-7-6-12(10-17)16-13-8-15-9-13/h1-5,12-13,15-16H,6-10H2/t12-/m0/s1. The summed E-state index contributed by atoms with van der Waals surface area (Å²) in [6, 6.07) is 10.6. The molecule has 3 rings (SSSR count). The Bertz CT molecular complexity index is 416. The van der Waals surface area contributed by atoms with Gasteiger partial charge in [-0.2, -0.15) is 0 Å². The summed E-state index contributed by atoms with van der Waals surface area (Å²) >= 11 is 0. The number of carbonyl (C=O) groups is 1. The molecular weight excluding hydrogens is 226 g/mol. The van der Waals surface area contributed by atoms with E-state index in [0.717, 1.165) is 38.2 Å². The van der Waals surface area contributed by atoms with Crippen molar-refractivity contribution in [1.82, 2.24) is 15.5 Å². The van der Waals surface area contributed by atoms with Crippen LogP contribution in [-0.2, 0) is 0 Å². The Morgan fingerprint density at radius 1 is 1.22 bits per heavy atom.